The Kier molecular flexibility index (Phi) is 61.0. The number of ether oxygens (including phenoxy) is 9. The van der Waals surface area contributed by atoms with Gasteiger partial charge in [-0.1, -0.05) is 72.3 Å². The number of nitrogens with two attached hydrogens (primary N) is 1. The van der Waals surface area contributed by atoms with Crippen molar-refractivity contribution in [2.75, 3.05) is 59.1 Å². The van der Waals surface area contributed by atoms with Crippen LogP contribution in [0.25, 0.3) is 0 Å². The quantitative estimate of drug-likeness (QED) is 0.00383. The SMILES string of the molecule is CCOC(=O)[C@H](C)N.CCOC(=O)[C@H](C)NP(=O)(N[C@@H](C)C(=O)OCC)OCOc1ccc([N+](=O)[O-])cc1.CCOC(=O)[C@H](C)NP(=O)(N[C@@H](C)C(=O)OCC)OCc1ccccc1.CCOC(=O)[C@H](C)NP(=O)(O)N[C@@H](C)C(=O)OCC.Cl.O=P(Cl)(Cl)Cl.O=[N+]([O-])c1ccc(OCCl)cc1.OCc1ccccc1. The van der Waals surface area contributed by atoms with Gasteiger partial charge in [0.15, 0.2) is 12.9 Å². The molecule has 620 valence electrons. The molecule has 0 radical (unpaired) electrons. The van der Waals surface area contributed by atoms with E-state index in [2.05, 4.69) is 78.5 Å². The number of nitrogens with zero attached hydrogens (tertiary/aromatic N) is 2. The third-order valence-corrected chi connectivity index (χ3v) is 17.2. The highest BCUT2D eigenvalue weighted by atomic mass is 36.0. The van der Waals surface area contributed by atoms with Gasteiger partial charge in [-0.3, -0.25) is 76.6 Å². The molecule has 0 saturated heterocycles. The fourth-order valence-corrected chi connectivity index (χ4v) is 11.8. The molecular weight excluding hydrogens is 1630 g/mol. The number of aliphatic hydroxyl groups is 1. The van der Waals surface area contributed by atoms with E-state index in [0.29, 0.717) is 12.4 Å². The number of halogens is 5. The van der Waals surface area contributed by atoms with Crippen LogP contribution < -0.4 is 45.7 Å². The molecule has 0 heterocycles. The maximum atomic E-state index is 13.2. The zero-order chi connectivity index (χ0) is 83.2. The number of carbonyl (C=O) groups is 7. The normalized spacial score (nSPS) is 12.6. The lowest BCUT2D eigenvalue weighted by atomic mass is 10.2. The monoisotopic (exact) mass is 1730 g/mol. The summed E-state index contributed by atoms with van der Waals surface area (Å²) in [6.45, 7) is 22.9. The van der Waals surface area contributed by atoms with Crippen molar-refractivity contribution in [2.24, 2.45) is 5.73 Å². The Hall–Kier alpha value is -6.50. The summed E-state index contributed by atoms with van der Waals surface area (Å²) in [4.78, 5) is 110. The molecule has 109 heavy (non-hydrogen) atoms. The number of nitro groups is 2. The van der Waals surface area contributed by atoms with Gasteiger partial charge in [-0.2, -0.15) is 0 Å². The van der Waals surface area contributed by atoms with Crippen molar-refractivity contribution in [3.63, 3.8) is 0 Å². The molecule has 0 fully saturated rings. The summed E-state index contributed by atoms with van der Waals surface area (Å²) in [7, 11) is -11.8. The minimum Gasteiger partial charge on any atom is -0.478 e. The predicted molar refractivity (Wildman–Crippen MR) is 411 cm³/mol. The van der Waals surface area contributed by atoms with Gasteiger partial charge in [0.25, 0.3) is 11.4 Å². The van der Waals surface area contributed by atoms with Crippen molar-refractivity contribution >= 4 is 139 Å². The van der Waals surface area contributed by atoms with E-state index in [9.17, 15) is 76.9 Å². The lowest BCUT2D eigenvalue weighted by Crippen LogP contribution is -2.42. The van der Waals surface area contributed by atoms with Gasteiger partial charge in [0, 0.05) is 24.3 Å². The van der Waals surface area contributed by atoms with E-state index in [1.54, 1.807) is 55.4 Å². The van der Waals surface area contributed by atoms with Gasteiger partial charge in [-0.15, -0.1) is 12.4 Å². The van der Waals surface area contributed by atoms with Gasteiger partial charge in [-0.05, 0) is 166 Å². The fourth-order valence-electron chi connectivity index (χ4n) is 6.88. The molecule has 0 amide bonds. The van der Waals surface area contributed by atoms with Crippen molar-refractivity contribution in [3.05, 3.63) is 141 Å². The second-order valence-corrected chi connectivity index (χ2v) is 33.1. The molecule has 0 aromatic heterocycles. The summed E-state index contributed by atoms with van der Waals surface area (Å²) in [6.07, 6.45) is 0. The summed E-state index contributed by atoms with van der Waals surface area (Å²) in [5, 5.41) is 40.8. The van der Waals surface area contributed by atoms with Crippen LogP contribution in [0.3, 0.4) is 0 Å². The first kappa shape index (κ1) is 109. The standard InChI is InChI=1S/C17H26N3O9P.C17H27N2O6P.C10H21N2O6P.C7H6ClNO3.C7H8O.C5H11NO2.Cl3OP.ClH/c1-5-26-16(21)12(3)18-30(25,19-13(4)17(22)27-6-2)29-11-28-15-9-7-14(8-10-15)20(23)24;1-5-23-16(20)13(3)18-26(22,19-14(4)17(21)24-6-2)25-12-15-10-8-7-9-11-15;1-5-17-9(13)7(3)11-19(15,16)12-8(4)10(14)18-6-2;8-5-12-7-3-1-6(2-4-7)9(10)11;8-6-7-4-2-1-3-5-7;1-3-8-5(7)4(2)6;1-5(2,3)4;/h7-10,12-13H,5-6,11H2,1-4H3,(H2,18,19,25);7-11,13-14H,5-6,12H2,1-4H3,(H2,18,19,22);7-8H,5-6H2,1-4H3,(H3,11,12,15,16);1-4H,5H2;1-5,8H,6H2;4H,3,6H2,1-2H3;;1H/t12-,13-;13-,14-;7-,8-;;;4-;;/m000..0../s1. The van der Waals surface area contributed by atoms with Crippen LogP contribution >= 0.6 is 85.9 Å². The summed E-state index contributed by atoms with van der Waals surface area (Å²) in [6, 6.07) is 23.3. The van der Waals surface area contributed by atoms with Crippen LogP contribution in [0.1, 0.15) is 108 Å². The first-order valence-electron chi connectivity index (χ1n) is 32.6. The van der Waals surface area contributed by atoms with E-state index in [1.807, 2.05) is 60.7 Å². The number of rotatable bonds is 38. The average Bonchev–Trinajstić information content (AvgIpc) is 0.854. The summed E-state index contributed by atoms with van der Waals surface area (Å²) in [5.74, 6) is -3.36. The maximum absolute atomic E-state index is 13.2. The molecule has 37 nitrogen and oxygen atoms in total. The highest BCUT2D eigenvalue weighted by Crippen LogP contribution is 2.61. The highest BCUT2D eigenvalue weighted by molar-refractivity contribution is 8.24. The number of esters is 7. The lowest BCUT2D eigenvalue weighted by molar-refractivity contribution is -0.385. The molecule has 0 spiro atoms. The van der Waals surface area contributed by atoms with Crippen LogP contribution in [0.2, 0.25) is 0 Å². The first-order valence-corrected chi connectivity index (χ1v) is 42.5. The number of nitro benzene ring substituents is 2. The lowest BCUT2D eigenvalue weighted by Gasteiger charge is -2.25. The van der Waals surface area contributed by atoms with Crippen LogP contribution in [0.15, 0.2) is 109 Å². The number of aliphatic hydroxyl groups excluding tert-OH is 1. The molecule has 0 unspecified atom stereocenters. The number of nitrogens with one attached hydrogen (secondary N) is 6. The first-order chi connectivity index (χ1) is 50.5. The number of alkyl halides is 1. The van der Waals surface area contributed by atoms with Crippen molar-refractivity contribution in [1.82, 2.24) is 30.5 Å². The van der Waals surface area contributed by atoms with Gasteiger partial charge in [0.2, 0.25) is 0 Å². The van der Waals surface area contributed by atoms with Crippen LogP contribution in [0.5, 0.6) is 11.5 Å². The van der Waals surface area contributed by atoms with Gasteiger partial charge in [0.1, 0.15) is 53.8 Å². The molecule has 4 rings (SSSR count). The van der Waals surface area contributed by atoms with Gasteiger partial charge in [-0.25, -0.2) is 30.5 Å². The Balaban J connectivity index is -0.000000632. The fraction of sp³-hybridized carbons (Fsp3) is 0.508. The van der Waals surface area contributed by atoms with Gasteiger partial charge < -0.3 is 62.9 Å². The Bertz CT molecular complexity index is 3390. The number of carbonyl (C=O) groups excluding carboxylic acids is 7. The van der Waals surface area contributed by atoms with E-state index in [4.69, 9.17) is 59.9 Å². The number of benzene rings is 4. The number of non-ortho nitro benzene ring substituents is 2. The van der Waals surface area contributed by atoms with E-state index >= 15 is 0 Å². The Morgan fingerprint density at radius 2 is 0.697 bits per heavy atom. The van der Waals surface area contributed by atoms with Gasteiger partial charge >= 0.3 is 70.0 Å². The molecule has 0 bridgehead atoms. The minimum absolute atomic E-state index is 0. The molecule has 0 aliphatic carbocycles. The number of hydrogen-bond acceptors (Lipinski definition) is 28. The summed E-state index contributed by atoms with van der Waals surface area (Å²) in [5.41, 5.74) is 6.83. The molecule has 0 aliphatic heterocycles. The van der Waals surface area contributed by atoms with Crippen molar-refractivity contribution in [2.45, 2.75) is 152 Å². The maximum Gasteiger partial charge on any atom is 0.345 e. The van der Waals surface area contributed by atoms with Gasteiger partial charge in [0.05, 0.1) is 69.3 Å². The van der Waals surface area contributed by atoms with Crippen LogP contribution in [-0.4, -0.2) is 163 Å². The molecular formula is C63H100Cl5N9O28P4. The van der Waals surface area contributed by atoms with E-state index in [-0.39, 0.29) is 94.4 Å². The Labute approximate surface area is 658 Å². The zero-order valence-corrected chi connectivity index (χ0v) is 69.8. The van der Waals surface area contributed by atoms with Crippen LogP contribution in [-0.2, 0) is 107 Å². The third-order valence-electron chi connectivity index (χ3n) is 11.7. The molecule has 0 saturated carbocycles. The highest BCUT2D eigenvalue weighted by Gasteiger charge is 2.35. The van der Waals surface area contributed by atoms with Crippen LogP contribution in [0.4, 0.5) is 11.4 Å². The Morgan fingerprint density at radius 3 is 0.936 bits per heavy atom. The van der Waals surface area contributed by atoms with Crippen molar-refractivity contribution < 1.29 is 123 Å². The van der Waals surface area contributed by atoms with Crippen molar-refractivity contribution in [3.8, 4) is 11.5 Å². The van der Waals surface area contributed by atoms with E-state index < -0.39 is 123 Å². The van der Waals surface area contributed by atoms with E-state index in [0.717, 1.165) is 11.1 Å². The second kappa shape index (κ2) is 61.1. The molecule has 0 aliphatic rings. The minimum atomic E-state index is -4.06. The summed E-state index contributed by atoms with van der Waals surface area (Å²) < 4.78 is 102. The molecule has 10 N–H and O–H groups in total. The third kappa shape index (κ3) is 55.5. The smallest absolute Gasteiger partial charge is 0.345 e. The van der Waals surface area contributed by atoms with Crippen molar-refractivity contribution in [1.29, 1.82) is 0 Å². The second-order valence-electron chi connectivity index (χ2n) is 20.8. The molecule has 7 atom stereocenters. The largest absolute Gasteiger partial charge is 0.478 e. The predicted octanol–water partition coefficient (Wildman–Crippen LogP) is 11.2. The summed E-state index contributed by atoms with van der Waals surface area (Å²) >= 11 is 19.1. The van der Waals surface area contributed by atoms with E-state index in [1.165, 1.54) is 90.1 Å². The molecule has 4 aromatic rings. The molecule has 4 aromatic carbocycles. The topological polar surface area (TPSA) is 514 Å². The zero-order valence-electron chi connectivity index (χ0n) is 62.4. The molecule has 46 heteroatoms. The Morgan fingerprint density at radius 1 is 0.440 bits per heavy atom. The average molecular weight is 1730 g/mol. The number of hydrogen-bond donors (Lipinski definition) is 9. The van der Waals surface area contributed by atoms with Crippen LogP contribution in [0, 0.1) is 20.2 Å².